The average Bonchev–Trinajstić information content (AvgIpc) is 0.672. The van der Waals surface area contributed by atoms with Crippen LogP contribution in [-0.4, -0.2) is 0 Å². The number of rotatable bonds is 105. The highest BCUT2D eigenvalue weighted by Crippen LogP contribution is 2.80. The van der Waals surface area contributed by atoms with Crippen molar-refractivity contribution >= 4 is 0 Å². The van der Waals surface area contributed by atoms with Crippen LogP contribution in [0.3, 0.4) is 0 Å². The summed E-state index contributed by atoms with van der Waals surface area (Å²) in [6, 6.07) is 0. The molecule has 0 bridgehead atoms. The Labute approximate surface area is 817 Å². The summed E-state index contributed by atoms with van der Waals surface area (Å²) in [5.41, 5.74) is 0.732. The minimum Gasteiger partial charge on any atom is -0.0654 e. The van der Waals surface area contributed by atoms with Gasteiger partial charge in [0.05, 0.1) is 0 Å². The van der Waals surface area contributed by atoms with Crippen LogP contribution in [0.4, 0.5) is 0 Å². The lowest BCUT2D eigenvalue weighted by Crippen LogP contribution is -2.68. The molecule has 0 aromatic carbocycles. The molecule has 0 saturated carbocycles. The third-order valence-corrected chi connectivity index (χ3v) is 35.9. The molecule has 0 fully saturated rings. The Kier molecular flexibility index (Phi) is 89.6. The van der Waals surface area contributed by atoms with E-state index in [-0.39, 0.29) is 21.7 Å². The SMILES string of the molecule is CCCCCCCCCC(CC)CC(CCCC)C(CCC(CC)CCCCCCCC)(CC(CCC)CCCCC)C(CCCC(CC)CCCCCCC)(CC(CCC)CCCCC)C(CCC)(CC(CCC)CCCCC)C(CC(CCC)CCCCC)(C(CCC)CCCCCCCCC)C(CC(CCC)CCCCC)CC(CCC)CCCCCCCC. The first-order valence-corrected chi connectivity index (χ1v) is 62.6. The summed E-state index contributed by atoms with van der Waals surface area (Å²) in [7, 11) is 0. The van der Waals surface area contributed by atoms with Gasteiger partial charge in [-0.3, -0.25) is 0 Å². The van der Waals surface area contributed by atoms with Crippen molar-refractivity contribution in [2.24, 2.45) is 92.7 Å². The van der Waals surface area contributed by atoms with Gasteiger partial charge in [0.15, 0.2) is 0 Å². The lowest BCUT2D eigenvalue weighted by Gasteiger charge is -2.75. The summed E-state index contributed by atoms with van der Waals surface area (Å²) >= 11 is 0. The second-order valence-corrected chi connectivity index (χ2v) is 46.5. The molecule has 0 saturated heterocycles. The molecule has 0 heteroatoms. The van der Waals surface area contributed by atoms with Gasteiger partial charge >= 0.3 is 0 Å². The first-order chi connectivity index (χ1) is 62.6. The average molecular weight is 1800 g/mol. The van der Waals surface area contributed by atoms with E-state index in [2.05, 4.69) is 152 Å². The third kappa shape index (κ3) is 54.0. The van der Waals surface area contributed by atoms with Crippen LogP contribution in [0.2, 0.25) is 0 Å². The standard InChI is InChI=1S/C128H258/c1-23-45-56-61-65-70-79-92-115(44-22)106-123(100-55-33-11)125(109-118(85-36-14)95-73-51-29-7,105-102-114(43-21)91-78-68-63-58-47-25-3)126(110-119(86-37-15)96-74-52-30-8,104-82-99-113(42-20)90-77-67-60-49-27-5)127(103-41-19,111-120(87-38-16)97-75-53-31-9)128(112-121(88-39-17)98-76-54-32-10,122(89-40-18)101-81-71-66-62-57-46-24-2)124(107-116(83-34-12)93-72-50-28-6)108-117(84-35-13)94-80-69-64-59-48-26-4/h113-124H,23-112H2,1-22H3. The monoisotopic (exact) mass is 1800 g/mol. The maximum atomic E-state index is 2.98. The zero-order valence-corrected chi connectivity index (χ0v) is 94.6. The lowest BCUT2D eigenvalue weighted by atomic mass is 9.29. The molecular formula is C128H258. The fourth-order valence-corrected chi connectivity index (χ4v) is 29.0. The van der Waals surface area contributed by atoms with E-state index < -0.39 is 0 Å². The highest BCUT2D eigenvalue weighted by Gasteiger charge is 2.72. The van der Waals surface area contributed by atoms with E-state index in [0.29, 0.717) is 0 Å². The number of hydrogen-bond donors (Lipinski definition) is 0. The molecule has 0 aliphatic heterocycles. The number of hydrogen-bond acceptors (Lipinski definition) is 0. The first-order valence-electron chi connectivity index (χ1n) is 62.6. The summed E-state index contributed by atoms with van der Waals surface area (Å²) in [4.78, 5) is 0. The maximum Gasteiger partial charge on any atom is -0.0171 e. The van der Waals surface area contributed by atoms with E-state index in [1.54, 1.807) is 57.8 Å². The van der Waals surface area contributed by atoms with E-state index in [1.807, 2.05) is 0 Å². The molecule has 0 amide bonds. The van der Waals surface area contributed by atoms with Gasteiger partial charge in [-0.2, -0.15) is 0 Å². The van der Waals surface area contributed by atoms with Gasteiger partial charge in [0.25, 0.3) is 0 Å². The summed E-state index contributed by atoms with van der Waals surface area (Å²) in [5.74, 6) is 9.57. The molecule has 770 valence electrons. The highest BCUT2D eigenvalue weighted by molar-refractivity contribution is 5.21. The van der Waals surface area contributed by atoms with E-state index in [0.717, 1.165) is 71.0 Å². The summed E-state index contributed by atoms with van der Waals surface area (Å²) in [6.45, 7) is 58.5. The first kappa shape index (κ1) is 128. The van der Waals surface area contributed by atoms with Gasteiger partial charge < -0.3 is 0 Å². The maximum absolute atomic E-state index is 2.98. The van der Waals surface area contributed by atoms with Crippen LogP contribution in [0.25, 0.3) is 0 Å². The minimum atomic E-state index is 0.157. The Hall–Kier alpha value is 0. The molecule has 0 N–H and O–H groups in total. The van der Waals surface area contributed by atoms with E-state index in [9.17, 15) is 0 Å². The number of unbranched alkanes of at least 4 members (excludes halogenated alkanes) is 37. The van der Waals surface area contributed by atoms with Crippen LogP contribution in [0.15, 0.2) is 0 Å². The molecule has 0 heterocycles. The zero-order valence-electron chi connectivity index (χ0n) is 94.6. The molecule has 0 spiro atoms. The predicted octanol–water partition coefficient (Wildman–Crippen LogP) is 47.9. The Balaban J connectivity index is 13.4. The van der Waals surface area contributed by atoms with Gasteiger partial charge in [-0.15, -0.1) is 0 Å². The van der Waals surface area contributed by atoms with Crippen molar-refractivity contribution < 1.29 is 0 Å². The van der Waals surface area contributed by atoms with Gasteiger partial charge in [0.2, 0.25) is 0 Å². The molecule has 0 radical (unpaired) electrons. The van der Waals surface area contributed by atoms with Crippen LogP contribution in [0.1, 0.15) is 730 Å². The Morgan fingerprint density at radius 3 is 0.727 bits per heavy atom. The van der Waals surface area contributed by atoms with E-state index in [1.165, 1.54) is 520 Å². The summed E-state index contributed by atoms with van der Waals surface area (Å²) in [6.07, 6.45) is 131. The smallest absolute Gasteiger partial charge is 0.0171 e. The summed E-state index contributed by atoms with van der Waals surface area (Å²) in [5, 5.41) is 0. The Morgan fingerprint density at radius 1 is 0.133 bits per heavy atom. The highest BCUT2D eigenvalue weighted by atomic mass is 14.8. The van der Waals surface area contributed by atoms with Crippen LogP contribution >= 0.6 is 0 Å². The molecule has 0 nitrogen and oxygen atoms in total. The van der Waals surface area contributed by atoms with E-state index in [4.69, 9.17) is 0 Å². The van der Waals surface area contributed by atoms with Gasteiger partial charge in [-0.05, 0) is 176 Å². The summed E-state index contributed by atoms with van der Waals surface area (Å²) < 4.78 is 0. The van der Waals surface area contributed by atoms with Crippen molar-refractivity contribution in [3.8, 4) is 0 Å². The third-order valence-electron chi connectivity index (χ3n) is 35.9. The largest absolute Gasteiger partial charge is 0.0654 e. The molecule has 16 atom stereocenters. The van der Waals surface area contributed by atoms with E-state index >= 15 is 0 Å². The topological polar surface area (TPSA) is 0 Å². The fourth-order valence-electron chi connectivity index (χ4n) is 29.0. The molecule has 0 aliphatic rings. The van der Waals surface area contributed by atoms with Crippen LogP contribution in [-0.2, 0) is 0 Å². The van der Waals surface area contributed by atoms with Gasteiger partial charge in [0, 0.05) is 0 Å². The lowest BCUT2D eigenvalue weighted by molar-refractivity contribution is -0.266. The van der Waals surface area contributed by atoms with Gasteiger partial charge in [-0.25, -0.2) is 0 Å². The normalized spacial score (nSPS) is 17.0. The minimum absolute atomic E-state index is 0.157. The van der Waals surface area contributed by atoms with Crippen molar-refractivity contribution in [3.63, 3.8) is 0 Å². The molecule has 16 unspecified atom stereocenters. The van der Waals surface area contributed by atoms with Crippen molar-refractivity contribution in [2.45, 2.75) is 730 Å². The predicted molar refractivity (Wildman–Crippen MR) is 592 cm³/mol. The molecule has 0 aliphatic carbocycles. The Morgan fingerprint density at radius 2 is 0.383 bits per heavy atom. The van der Waals surface area contributed by atoms with Gasteiger partial charge in [-0.1, -0.05) is 647 Å². The van der Waals surface area contributed by atoms with Crippen molar-refractivity contribution in [2.75, 3.05) is 0 Å². The van der Waals surface area contributed by atoms with Crippen molar-refractivity contribution in [1.29, 1.82) is 0 Å². The van der Waals surface area contributed by atoms with Crippen LogP contribution in [0, 0.1) is 92.7 Å². The molecule has 0 aromatic rings. The van der Waals surface area contributed by atoms with Crippen LogP contribution < -0.4 is 0 Å². The quantitative estimate of drug-likeness (QED) is 0.0533. The van der Waals surface area contributed by atoms with Crippen molar-refractivity contribution in [3.05, 3.63) is 0 Å². The van der Waals surface area contributed by atoms with Gasteiger partial charge in [0.1, 0.15) is 0 Å². The fraction of sp³-hybridized carbons (Fsp3) is 1.00. The van der Waals surface area contributed by atoms with Crippen molar-refractivity contribution in [1.82, 2.24) is 0 Å². The molecule has 0 aromatic heterocycles. The van der Waals surface area contributed by atoms with Crippen LogP contribution in [0.5, 0.6) is 0 Å². The molecule has 128 heavy (non-hydrogen) atoms. The zero-order chi connectivity index (χ0) is 94.6. The second kappa shape index (κ2) is 89.6. The second-order valence-electron chi connectivity index (χ2n) is 46.5. The molecular weight excluding hydrogens is 1540 g/mol. The molecule has 0 rings (SSSR count). The Bertz CT molecular complexity index is 2170.